The third-order valence-electron chi connectivity index (χ3n) is 0.946. The molecular weight excluding hydrogens is 157 g/mol. The maximum Gasteiger partial charge on any atom is 0.232 e. The van der Waals surface area contributed by atoms with Gasteiger partial charge in [-0.3, -0.25) is 4.79 Å². The summed E-state index contributed by atoms with van der Waals surface area (Å²) < 4.78 is 12.4. The van der Waals surface area contributed by atoms with E-state index in [-0.39, 0.29) is 10.7 Å². The van der Waals surface area contributed by atoms with Crippen molar-refractivity contribution in [3.63, 3.8) is 0 Å². The number of aldehydes is 1. The molecule has 0 aromatic carbocycles. The summed E-state index contributed by atoms with van der Waals surface area (Å²) in [6.07, 6.45) is 0.458. The molecule has 0 atom stereocenters. The Balaban J connectivity index is 3.16. The number of hydrogen-bond donors (Lipinski definition) is 0. The van der Waals surface area contributed by atoms with Crippen LogP contribution < -0.4 is 0 Å². The third-order valence-corrected chi connectivity index (χ3v) is 1.23. The first-order valence-electron chi connectivity index (χ1n) is 2.51. The lowest BCUT2D eigenvalue weighted by Gasteiger charge is -1.91. The molecule has 0 amide bonds. The van der Waals surface area contributed by atoms with E-state index in [9.17, 15) is 9.18 Å². The molecule has 10 heavy (non-hydrogen) atoms. The van der Waals surface area contributed by atoms with Crippen LogP contribution in [0.2, 0.25) is 5.02 Å². The zero-order valence-corrected chi connectivity index (χ0v) is 5.60. The van der Waals surface area contributed by atoms with E-state index in [1.165, 1.54) is 12.1 Å². The van der Waals surface area contributed by atoms with Gasteiger partial charge in [0.2, 0.25) is 5.95 Å². The molecule has 1 aromatic rings. The van der Waals surface area contributed by atoms with E-state index < -0.39 is 5.95 Å². The molecule has 0 saturated heterocycles. The zero-order valence-electron chi connectivity index (χ0n) is 4.84. The largest absolute Gasteiger partial charge is 0.296 e. The molecule has 52 valence electrons. The highest BCUT2D eigenvalue weighted by Crippen LogP contribution is 2.10. The van der Waals surface area contributed by atoms with Gasteiger partial charge in [0.15, 0.2) is 6.29 Å². The Morgan fingerprint density at radius 3 is 2.80 bits per heavy atom. The van der Waals surface area contributed by atoms with E-state index in [4.69, 9.17) is 11.6 Å². The smallest absolute Gasteiger partial charge is 0.232 e. The predicted octanol–water partition coefficient (Wildman–Crippen LogP) is 1.69. The van der Waals surface area contributed by atoms with Crippen molar-refractivity contribution in [3.05, 3.63) is 28.8 Å². The molecule has 0 bridgehead atoms. The van der Waals surface area contributed by atoms with E-state index in [0.29, 0.717) is 6.29 Å². The lowest BCUT2D eigenvalue weighted by Crippen LogP contribution is -1.90. The average molecular weight is 160 g/mol. The quantitative estimate of drug-likeness (QED) is 0.461. The molecule has 1 rings (SSSR count). The van der Waals surface area contributed by atoms with Crippen LogP contribution >= 0.6 is 11.6 Å². The molecule has 0 aliphatic rings. The number of hydrogen-bond acceptors (Lipinski definition) is 2. The van der Waals surface area contributed by atoms with Gasteiger partial charge in [-0.15, -0.1) is 0 Å². The summed E-state index contributed by atoms with van der Waals surface area (Å²) in [5.74, 6) is -0.814. The van der Waals surface area contributed by atoms with Crippen LogP contribution in [-0.4, -0.2) is 11.3 Å². The van der Waals surface area contributed by atoms with Crippen LogP contribution in [0.5, 0.6) is 0 Å². The van der Waals surface area contributed by atoms with Gasteiger partial charge >= 0.3 is 0 Å². The Kier molecular flexibility index (Phi) is 1.97. The number of pyridine rings is 1. The van der Waals surface area contributed by atoms with E-state index in [1.807, 2.05) is 0 Å². The summed E-state index contributed by atoms with van der Waals surface area (Å²) in [5.41, 5.74) is 0.0434. The SMILES string of the molecule is O=Cc1ccc(Cl)c(F)n1. The molecule has 0 aliphatic carbocycles. The summed E-state index contributed by atoms with van der Waals surface area (Å²) in [5, 5.41) is -0.0781. The highest BCUT2D eigenvalue weighted by molar-refractivity contribution is 6.30. The second-order valence-corrected chi connectivity index (χ2v) is 2.03. The van der Waals surface area contributed by atoms with Crippen LogP contribution in [0.3, 0.4) is 0 Å². The number of carbonyl (C=O) groups excluding carboxylic acids is 1. The molecule has 1 aromatic heterocycles. The van der Waals surface area contributed by atoms with Gasteiger partial charge in [0.05, 0.1) is 5.02 Å². The van der Waals surface area contributed by atoms with Crippen molar-refractivity contribution in [3.8, 4) is 0 Å². The molecule has 0 aliphatic heterocycles. The molecular formula is C6H3ClFNO. The van der Waals surface area contributed by atoms with Crippen molar-refractivity contribution in [1.82, 2.24) is 4.98 Å². The molecule has 0 radical (unpaired) electrons. The Morgan fingerprint density at radius 2 is 2.30 bits per heavy atom. The van der Waals surface area contributed by atoms with E-state index >= 15 is 0 Å². The fraction of sp³-hybridized carbons (Fsp3) is 0. The van der Waals surface area contributed by atoms with Crippen LogP contribution in [0.4, 0.5) is 4.39 Å². The summed E-state index contributed by atoms with van der Waals surface area (Å²) >= 11 is 5.28. The number of aromatic nitrogens is 1. The number of nitrogens with zero attached hydrogens (tertiary/aromatic N) is 1. The van der Waals surface area contributed by atoms with E-state index in [0.717, 1.165) is 0 Å². The van der Waals surface area contributed by atoms with Crippen LogP contribution in [0, 0.1) is 5.95 Å². The average Bonchev–Trinajstić information content (AvgIpc) is 1.95. The number of carbonyl (C=O) groups is 1. The molecule has 0 unspecified atom stereocenters. The minimum absolute atomic E-state index is 0.0434. The second kappa shape index (κ2) is 2.75. The lowest BCUT2D eigenvalue weighted by molar-refractivity contribution is 0.111. The van der Waals surface area contributed by atoms with Crippen LogP contribution in [-0.2, 0) is 0 Å². The minimum atomic E-state index is -0.814. The van der Waals surface area contributed by atoms with Crippen molar-refractivity contribution >= 4 is 17.9 Å². The van der Waals surface area contributed by atoms with Crippen molar-refractivity contribution < 1.29 is 9.18 Å². The predicted molar refractivity (Wildman–Crippen MR) is 34.6 cm³/mol. The van der Waals surface area contributed by atoms with Crippen LogP contribution in [0.15, 0.2) is 12.1 Å². The molecule has 0 spiro atoms. The first-order valence-corrected chi connectivity index (χ1v) is 2.89. The molecule has 0 saturated carbocycles. The maximum atomic E-state index is 12.4. The molecule has 0 fully saturated rings. The van der Waals surface area contributed by atoms with Crippen molar-refractivity contribution in [2.45, 2.75) is 0 Å². The second-order valence-electron chi connectivity index (χ2n) is 1.63. The van der Waals surface area contributed by atoms with Gasteiger partial charge in [0.1, 0.15) is 5.69 Å². The monoisotopic (exact) mass is 159 g/mol. The standard InChI is InChI=1S/C6H3ClFNO/c7-5-2-1-4(3-10)9-6(5)8/h1-3H. The highest BCUT2D eigenvalue weighted by Gasteiger charge is 2.00. The fourth-order valence-electron chi connectivity index (χ4n) is 0.497. The van der Waals surface area contributed by atoms with Gasteiger partial charge in [-0.25, -0.2) is 4.98 Å². The Labute approximate surface area is 61.6 Å². The fourth-order valence-corrected chi connectivity index (χ4v) is 0.602. The van der Waals surface area contributed by atoms with Crippen LogP contribution in [0.1, 0.15) is 10.5 Å². The normalized spacial score (nSPS) is 9.40. The van der Waals surface area contributed by atoms with Gasteiger partial charge in [-0.1, -0.05) is 11.6 Å². The van der Waals surface area contributed by atoms with E-state index in [1.54, 1.807) is 0 Å². The van der Waals surface area contributed by atoms with Crippen molar-refractivity contribution in [1.29, 1.82) is 0 Å². The van der Waals surface area contributed by atoms with Crippen molar-refractivity contribution in [2.24, 2.45) is 0 Å². The Morgan fingerprint density at radius 1 is 1.60 bits per heavy atom. The molecule has 1 heterocycles. The van der Waals surface area contributed by atoms with Crippen LogP contribution in [0.25, 0.3) is 0 Å². The first kappa shape index (κ1) is 7.15. The Hall–Kier alpha value is -0.960. The topological polar surface area (TPSA) is 30.0 Å². The lowest BCUT2D eigenvalue weighted by atomic mass is 10.4. The van der Waals surface area contributed by atoms with Gasteiger partial charge in [-0.05, 0) is 12.1 Å². The summed E-state index contributed by atoms with van der Waals surface area (Å²) in [6, 6.07) is 2.63. The highest BCUT2D eigenvalue weighted by atomic mass is 35.5. The van der Waals surface area contributed by atoms with Crippen molar-refractivity contribution in [2.75, 3.05) is 0 Å². The molecule has 4 heteroatoms. The number of halogens is 2. The minimum Gasteiger partial charge on any atom is -0.296 e. The summed E-state index contributed by atoms with van der Waals surface area (Å²) in [4.78, 5) is 13.2. The van der Waals surface area contributed by atoms with Gasteiger partial charge < -0.3 is 0 Å². The maximum absolute atomic E-state index is 12.4. The van der Waals surface area contributed by atoms with Gasteiger partial charge in [-0.2, -0.15) is 4.39 Å². The van der Waals surface area contributed by atoms with E-state index in [2.05, 4.69) is 4.98 Å². The van der Waals surface area contributed by atoms with Gasteiger partial charge in [0.25, 0.3) is 0 Å². The molecule has 2 nitrogen and oxygen atoms in total. The Bertz CT molecular complexity index is 264. The summed E-state index contributed by atoms with van der Waals surface area (Å²) in [7, 11) is 0. The molecule has 0 N–H and O–H groups in total. The zero-order chi connectivity index (χ0) is 7.56. The van der Waals surface area contributed by atoms with Gasteiger partial charge in [0, 0.05) is 0 Å². The first-order chi connectivity index (χ1) is 4.74. The number of rotatable bonds is 1. The third kappa shape index (κ3) is 1.30. The summed E-state index contributed by atoms with van der Waals surface area (Å²) in [6.45, 7) is 0.